The van der Waals surface area contributed by atoms with Gasteiger partial charge in [0.25, 0.3) is 0 Å². The molecule has 0 saturated carbocycles. The summed E-state index contributed by atoms with van der Waals surface area (Å²) in [5, 5.41) is 0. The number of hydrogen-bond acceptors (Lipinski definition) is 4. The summed E-state index contributed by atoms with van der Waals surface area (Å²) < 4.78 is 12.0. The van der Waals surface area contributed by atoms with Gasteiger partial charge in [0, 0.05) is 12.1 Å². The number of thiazole rings is 1. The van der Waals surface area contributed by atoms with E-state index in [1.165, 1.54) is 0 Å². The minimum atomic E-state index is 0.134. The average Bonchev–Trinajstić information content (AvgIpc) is 2.62. The fraction of sp³-hybridized carbons (Fsp3) is 0.364. The quantitative estimate of drug-likeness (QED) is 0.801. The van der Waals surface area contributed by atoms with Crippen molar-refractivity contribution in [2.24, 2.45) is 0 Å². The van der Waals surface area contributed by atoms with E-state index in [0.717, 1.165) is 21.7 Å². The third kappa shape index (κ3) is 2.04. The molecule has 4 heteroatoms. The van der Waals surface area contributed by atoms with Gasteiger partial charge in [-0.1, -0.05) is 0 Å². The highest BCUT2D eigenvalue weighted by atomic mass is 32.1. The zero-order valence-corrected chi connectivity index (χ0v) is 9.80. The average molecular weight is 223 g/mol. The first-order valence-corrected chi connectivity index (χ1v) is 5.66. The van der Waals surface area contributed by atoms with Crippen molar-refractivity contribution < 1.29 is 9.47 Å². The lowest BCUT2D eigenvalue weighted by Gasteiger charge is -2.13. The molecule has 1 aromatic heterocycles. The number of rotatable bonds is 3. The Bertz CT molecular complexity index is 465. The standard InChI is InChI=1S/C11H13NO2S/c1-7(2)14-10-4-8-11(15-6-12-8)5-9(10)13-3/h4-7H,1-3H3. The maximum atomic E-state index is 5.65. The van der Waals surface area contributed by atoms with Crippen molar-refractivity contribution in [2.75, 3.05) is 7.11 Å². The largest absolute Gasteiger partial charge is 0.493 e. The maximum Gasteiger partial charge on any atom is 0.163 e. The van der Waals surface area contributed by atoms with Gasteiger partial charge in [0.05, 0.1) is 28.9 Å². The molecule has 0 atom stereocenters. The molecule has 0 aliphatic heterocycles. The number of hydrogen-bond donors (Lipinski definition) is 0. The van der Waals surface area contributed by atoms with Crippen molar-refractivity contribution in [2.45, 2.75) is 20.0 Å². The van der Waals surface area contributed by atoms with Crippen LogP contribution in [0.4, 0.5) is 0 Å². The van der Waals surface area contributed by atoms with Gasteiger partial charge in [-0.15, -0.1) is 11.3 Å². The number of methoxy groups -OCH3 is 1. The Balaban J connectivity index is 2.49. The minimum absolute atomic E-state index is 0.134. The van der Waals surface area contributed by atoms with E-state index in [0.29, 0.717) is 0 Å². The molecule has 15 heavy (non-hydrogen) atoms. The molecule has 0 saturated heterocycles. The molecule has 2 rings (SSSR count). The van der Waals surface area contributed by atoms with Crippen molar-refractivity contribution in [3.8, 4) is 11.5 Å². The van der Waals surface area contributed by atoms with E-state index in [1.54, 1.807) is 18.4 Å². The molecule has 0 radical (unpaired) electrons. The zero-order chi connectivity index (χ0) is 10.8. The smallest absolute Gasteiger partial charge is 0.163 e. The Morgan fingerprint density at radius 1 is 1.27 bits per heavy atom. The van der Waals surface area contributed by atoms with Gasteiger partial charge in [-0.25, -0.2) is 4.98 Å². The predicted molar refractivity (Wildman–Crippen MR) is 61.9 cm³/mol. The number of fused-ring (bicyclic) bond motifs is 1. The van der Waals surface area contributed by atoms with E-state index in [-0.39, 0.29) is 6.10 Å². The molecule has 0 N–H and O–H groups in total. The molecule has 1 heterocycles. The Labute approximate surface area is 92.7 Å². The molecular formula is C11H13NO2S. The first-order valence-electron chi connectivity index (χ1n) is 4.78. The summed E-state index contributed by atoms with van der Waals surface area (Å²) in [6.45, 7) is 3.98. The van der Waals surface area contributed by atoms with Crippen LogP contribution in [0.2, 0.25) is 0 Å². The van der Waals surface area contributed by atoms with Gasteiger partial charge in [-0.3, -0.25) is 0 Å². The second kappa shape index (κ2) is 4.06. The highest BCUT2D eigenvalue weighted by molar-refractivity contribution is 7.16. The second-order valence-electron chi connectivity index (χ2n) is 3.49. The summed E-state index contributed by atoms with van der Waals surface area (Å²) >= 11 is 1.60. The number of aromatic nitrogens is 1. The van der Waals surface area contributed by atoms with E-state index in [1.807, 2.05) is 31.5 Å². The van der Waals surface area contributed by atoms with Crippen LogP contribution in [0.25, 0.3) is 10.2 Å². The lowest BCUT2D eigenvalue weighted by atomic mass is 10.3. The molecule has 0 aliphatic rings. The summed E-state index contributed by atoms with van der Waals surface area (Å²) in [6, 6.07) is 3.88. The Kier molecular flexibility index (Phi) is 2.77. The van der Waals surface area contributed by atoms with Gasteiger partial charge in [-0.2, -0.15) is 0 Å². The monoisotopic (exact) mass is 223 g/mol. The van der Waals surface area contributed by atoms with Crippen LogP contribution in [-0.4, -0.2) is 18.2 Å². The van der Waals surface area contributed by atoms with Crippen LogP contribution in [0.5, 0.6) is 11.5 Å². The topological polar surface area (TPSA) is 31.4 Å². The maximum absolute atomic E-state index is 5.65. The van der Waals surface area contributed by atoms with Crippen molar-refractivity contribution in [1.82, 2.24) is 4.98 Å². The van der Waals surface area contributed by atoms with Gasteiger partial charge in [-0.05, 0) is 13.8 Å². The van der Waals surface area contributed by atoms with E-state index in [2.05, 4.69) is 4.98 Å². The molecular weight excluding hydrogens is 210 g/mol. The first-order chi connectivity index (χ1) is 7.20. The van der Waals surface area contributed by atoms with Gasteiger partial charge >= 0.3 is 0 Å². The molecule has 2 aromatic rings. The van der Waals surface area contributed by atoms with E-state index in [4.69, 9.17) is 9.47 Å². The Hall–Kier alpha value is -1.29. The molecule has 0 unspecified atom stereocenters. The number of benzene rings is 1. The summed E-state index contributed by atoms with van der Waals surface area (Å²) in [7, 11) is 1.65. The molecule has 0 bridgehead atoms. The lowest BCUT2D eigenvalue weighted by molar-refractivity contribution is 0.230. The predicted octanol–water partition coefficient (Wildman–Crippen LogP) is 3.09. The van der Waals surface area contributed by atoms with Crippen molar-refractivity contribution in [1.29, 1.82) is 0 Å². The van der Waals surface area contributed by atoms with Gasteiger partial charge in [0.15, 0.2) is 11.5 Å². The van der Waals surface area contributed by atoms with Crippen molar-refractivity contribution >= 4 is 21.6 Å². The van der Waals surface area contributed by atoms with E-state index in [9.17, 15) is 0 Å². The first kappa shape index (κ1) is 10.2. The van der Waals surface area contributed by atoms with Crippen LogP contribution in [0.3, 0.4) is 0 Å². The second-order valence-corrected chi connectivity index (χ2v) is 4.38. The molecule has 1 aromatic carbocycles. The highest BCUT2D eigenvalue weighted by Gasteiger charge is 2.09. The summed E-state index contributed by atoms with van der Waals surface area (Å²) in [5.41, 5.74) is 2.78. The van der Waals surface area contributed by atoms with Crippen LogP contribution < -0.4 is 9.47 Å². The summed E-state index contributed by atoms with van der Waals surface area (Å²) in [4.78, 5) is 4.25. The number of ether oxygens (including phenoxy) is 2. The van der Waals surface area contributed by atoms with Crippen LogP contribution >= 0.6 is 11.3 Å². The summed E-state index contributed by atoms with van der Waals surface area (Å²) in [5.74, 6) is 1.52. The highest BCUT2D eigenvalue weighted by Crippen LogP contribution is 2.34. The van der Waals surface area contributed by atoms with Gasteiger partial charge in [0.2, 0.25) is 0 Å². The minimum Gasteiger partial charge on any atom is -0.493 e. The molecule has 3 nitrogen and oxygen atoms in total. The fourth-order valence-electron chi connectivity index (χ4n) is 1.37. The Morgan fingerprint density at radius 2 is 2.07 bits per heavy atom. The molecule has 0 amide bonds. The van der Waals surface area contributed by atoms with Crippen LogP contribution in [0.1, 0.15) is 13.8 Å². The van der Waals surface area contributed by atoms with E-state index < -0.39 is 0 Å². The fourth-order valence-corrected chi connectivity index (χ4v) is 2.06. The van der Waals surface area contributed by atoms with Crippen molar-refractivity contribution in [3.63, 3.8) is 0 Å². The number of nitrogens with zero attached hydrogens (tertiary/aromatic N) is 1. The van der Waals surface area contributed by atoms with Crippen LogP contribution in [-0.2, 0) is 0 Å². The third-order valence-electron chi connectivity index (χ3n) is 1.98. The molecule has 0 spiro atoms. The normalized spacial score (nSPS) is 10.9. The van der Waals surface area contributed by atoms with Gasteiger partial charge < -0.3 is 9.47 Å². The van der Waals surface area contributed by atoms with Gasteiger partial charge in [0.1, 0.15) is 0 Å². The van der Waals surface area contributed by atoms with Crippen LogP contribution in [0, 0.1) is 0 Å². The van der Waals surface area contributed by atoms with Crippen molar-refractivity contribution in [3.05, 3.63) is 17.6 Å². The van der Waals surface area contributed by atoms with Crippen LogP contribution in [0.15, 0.2) is 17.6 Å². The Morgan fingerprint density at radius 3 is 2.73 bits per heavy atom. The SMILES string of the molecule is COc1cc2scnc2cc1OC(C)C. The zero-order valence-electron chi connectivity index (χ0n) is 8.98. The third-order valence-corrected chi connectivity index (χ3v) is 2.77. The molecule has 0 aliphatic carbocycles. The molecule has 0 fully saturated rings. The van der Waals surface area contributed by atoms with E-state index >= 15 is 0 Å². The molecule has 80 valence electrons. The summed E-state index contributed by atoms with van der Waals surface area (Å²) in [6.07, 6.45) is 0.134. The lowest BCUT2D eigenvalue weighted by Crippen LogP contribution is -2.06.